The van der Waals surface area contributed by atoms with Crippen LogP contribution >= 0.6 is 23.4 Å². The highest BCUT2D eigenvalue weighted by Crippen LogP contribution is 2.25. The number of thioether (sulfide) groups is 1. The first kappa shape index (κ1) is 18.5. The average molecular weight is 387 g/mol. The van der Waals surface area contributed by atoms with Crippen molar-refractivity contribution in [3.63, 3.8) is 0 Å². The summed E-state index contributed by atoms with van der Waals surface area (Å²) in [6.45, 7) is 5.85. The molecule has 0 aliphatic heterocycles. The van der Waals surface area contributed by atoms with E-state index >= 15 is 0 Å². The van der Waals surface area contributed by atoms with E-state index in [0.717, 1.165) is 28.3 Å². The fraction of sp³-hybridized carbons (Fsp3) is 0.211. The number of hydrogen-bond acceptors (Lipinski definition) is 4. The summed E-state index contributed by atoms with van der Waals surface area (Å²) >= 11 is 7.31. The highest BCUT2D eigenvalue weighted by Gasteiger charge is 2.15. The smallest absolute Gasteiger partial charge is 0.234 e. The average Bonchev–Trinajstić information content (AvgIpc) is 2.97. The fourth-order valence-electron chi connectivity index (χ4n) is 2.61. The first-order valence-electron chi connectivity index (χ1n) is 8.12. The minimum absolute atomic E-state index is 0.0996. The molecule has 0 unspecified atom stereocenters. The number of halogens is 1. The molecule has 1 aromatic heterocycles. The molecule has 0 aliphatic carbocycles. The Morgan fingerprint density at radius 2 is 1.88 bits per heavy atom. The second-order valence-corrected chi connectivity index (χ2v) is 7.33. The van der Waals surface area contributed by atoms with Crippen molar-refractivity contribution < 1.29 is 4.79 Å². The molecule has 0 aliphatic rings. The molecule has 1 heterocycles. The minimum Gasteiger partial charge on any atom is -0.325 e. The van der Waals surface area contributed by atoms with Crippen LogP contribution in [0.15, 0.2) is 47.6 Å². The van der Waals surface area contributed by atoms with Crippen LogP contribution in [0.25, 0.3) is 5.69 Å². The third kappa shape index (κ3) is 4.08. The standard InChI is InChI=1S/C19H19ClN4OS/c1-12-6-4-5-7-17(12)24-14(3)22-23-19(24)26-11-18(25)21-16-9-8-15(20)10-13(16)2/h4-10H,11H2,1-3H3,(H,21,25). The van der Waals surface area contributed by atoms with Crippen molar-refractivity contribution in [1.82, 2.24) is 14.8 Å². The summed E-state index contributed by atoms with van der Waals surface area (Å²) in [4.78, 5) is 12.3. The predicted octanol–water partition coefficient (Wildman–Crippen LogP) is 4.58. The van der Waals surface area contributed by atoms with Crippen LogP contribution in [0.4, 0.5) is 5.69 Å². The highest BCUT2D eigenvalue weighted by molar-refractivity contribution is 7.99. The number of aromatic nitrogens is 3. The summed E-state index contributed by atoms with van der Waals surface area (Å²) in [6.07, 6.45) is 0. The Morgan fingerprint density at radius 3 is 2.62 bits per heavy atom. The van der Waals surface area contributed by atoms with Crippen LogP contribution in [-0.4, -0.2) is 26.4 Å². The number of hydrogen-bond donors (Lipinski definition) is 1. The van der Waals surface area contributed by atoms with Gasteiger partial charge >= 0.3 is 0 Å². The molecule has 7 heteroatoms. The van der Waals surface area contributed by atoms with Gasteiger partial charge in [0.05, 0.1) is 11.4 Å². The normalized spacial score (nSPS) is 10.8. The summed E-state index contributed by atoms with van der Waals surface area (Å²) < 4.78 is 1.97. The van der Waals surface area contributed by atoms with E-state index in [0.29, 0.717) is 10.2 Å². The molecule has 2 aromatic carbocycles. The van der Waals surface area contributed by atoms with Gasteiger partial charge in [-0.05, 0) is 56.2 Å². The van der Waals surface area contributed by atoms with E-state index in [-0.39, 0.29) is 11.7 Å². The number of rotatable bonds is 5. The molecule has 5 nitrogen and oxygen atoms in total. The summed E-state index contributed by atoms with van der Waals surface area (Å²) in [5.74, 6) is 0.930. The molecule has 3 rings (SSSR count). The van der Waals surface area contributed by atoms with Gasteiger partial charge in [0.1, 0.15) is 5.82 Å². The van der Waals surface area contributed by atoms with Gasteiger partial charge < -0.3 is 5.32 Å². The first-order valence-corrected chi connectivity index (χ1v) is 9.49. The Morgan fingerprint density at radius 1 is 1.12 bits per heavy atom. The topological polar surface area (TPSA) is 59.8 Å². The number of amides is 1. The molecule has 1 N–H and O–H groups in total. The number of aryl methyl sites for hydroxylation is 3. The molecular formula is C19H19ClN4OS. The third-order valence-electron chi connectivity index (χ3n) is 3.95. The molecule has 0 saturated carbocycles. The number of carbonyl (C=O) groups is 1. The Kier molecular flexibility index (Phi) is 5.64. The van der Waals surface area contributed by atoms with E-state index in [1.807, 2.05) is 55.7 Å². The second kappa shape index (κ2) is 7.93. The van der Waals surface area contributed by atoms with E-state index < -0.39 is 0 Å². The van der Waals surface area contributed by atoms with Gasteiger partial charge in [0, 0.05) is 10.7 Å². The van der Waals surface area contributed by atoms with Crippen molar-refractivity contribution >= 4 is 35.0 Å². The number of nitrogens with one attached hydrogen (secondary N) is 1. The molecule has 0 bridgehead atoms. The molecule has 0 fully saturated rings. The number of nitrogens with zero attached hydrogens (tertiary/aromatic N) is 3. The molecule has 0 atom stereocenters. The van der Waals surface area contributed by atoms with E-state index in [9.17, 15) is 4.79 Å². The lowest BCUT2D eigenvalue weighted by atomic mass is 10.2. The van der Waals surface area contributed by atoms with Crippen molar-refractivity contribution in [3.8, 4) is 5.69 Å². The van der Waals surface area contributed by atoms with Crippen LogP contribution in [-0.2, 0) is 4.79 Å². The van der Waals surface area contributed by atoms with Crippen molar-refractivity contribution in [2.24, 2.45) is 0 Å². The minimum atomic E-state index is -0.0996. The van der Waals surface area contributed by atoms with Gasteiger partial charge in [0.2, 0.25) is 5.91 Å². The SMILES string of the molecule is Cc1cc(Cl)ccc1NC(=O)CSc1nnc(C)n1-c1ccccc1C. The van der Waals surface area contributed by atoms with E-state index in [1.54, 1.807) is 12.1 Å². The molecular weight excluding hydrogens is 368 g/mol. The first-order chi connectivity index (χ1) is 12.5. The lowest BCUT2D eigenvalue weighted by Crippen LogP contribution is -2.15. The maximum absolute atomic E-state index is 12.3. The van der Waals surface area contributed by atoms with Crippen LogP contribution in [0.2, 0.25) is 5.02 Å². The summed E-state index contributed by atoms with van der Waals surface area (Å²) in [7, 11) is 0. The summed E-state index contributed by atoms with van der Waals surface area (Å²) in [5, 5.41) is 12.6. The Bertz CT molecular complexity index is 954. The molecule has 3 aromatic rings. The van der Waals surface area contributed by atoms with Crippen LogP contribution in [0.5, 0.6) is 0 Å². The summed E-state index contributed by atoms with van der Waals surface area (Å²) in [6, 6.07) is 13.4. The van der Waals surface area contributed by atoms with Crippen LogP contribution < -0.4 is 5.32 Å². The zero-order valence-electron chi connectivity index (χ0n) is 14.8. The fourth-order valence-corrected chi connectivity index (χ4v) is 3.63. The zero-order valence-corrected chi connectivity index (χ0v) is 16.4. The van der Waals surface area contributed by atoms with Crippen LogP contribution in [0.1, 0.15) is 17.0 Å². The van der Waals surface area contributed by atoms with Gasteiger partial charge in [-0.3, -0.25) is 9.36 Å². The van der Waals surface area contributed by atoms with Crippen molar-refractivity contribution in [3.05, 3.63) is 64.4 Å². The molecule has 1 amide bonds. The lowest BCUT2D eigenvalue weighted by Gasteiger charge is -2.11. The lowest BCUT2D eigenvalue weighted by molar-refractivity contribution is -0.113. The van der Waals surface area contributed by atoms with Gasteiger partial charge in [0.25, 0.3) is 0 Å². The quantitative estimate of drug-likeness (QED) is 0.652. The number of carbonyl (C=O) groups excluding carboxylic acids is 1. The van der Waals surface area contributed by atoms with Crippen LogP contribution in [0.3, 0.4) is 0 Å². The number of anilines is 1. The van der Waals surface area contributed by atoms with E-state index in [2.05, 4.69) is 15.5 Å². The van der Waals surface area contributed by atoms with E-state index in [4.69, 9.17) is 11.6 Å². The van der Waals surface area contributed by atoms with Gasteiger partial charge in [-0.2, -0.15) is 0 Å². The van der Waals surface area contributed by atoms with Gasteiger partial charge in [-0.25, -0.2) is 0 Å². The maximum Gasteiger partial charge on any atom is 0.234 e. The zero-order chi connectivity index (χ0) is 18.7. The molecule has 0 radical (unpaired) electrons. The van der Waals surface area contributed by atoms with Crippen molar-refractivity contribution in [2.45, 2.75) is 25.9 Å². The maximum atomic E-state index is 12.3. The van der Waals surface area contributed by atoms with Crippen LogP contribution in [0, 0.1) is 20.8 Å². The molecule has 0 saturated heterocycles. The Hall–Kier alpha value is -2.31. The van der Waals surface area contributed by atoms with E-state index in [1.165, 1.54) is 11.8 Å². The molecule has 26 heavy (non-hydrogen) atoms. The third-order valence-corrected chi connectivity index (χ3v) is 5.11. The van der Waals surface area contributed by atoms with Crippen molar-refractivity contribution in [2.75, 3.05) is 11.1 Å². The summed E-state index contributed by atoms with van der Waals surface area (Å²) in [5.41, 5.74) is 3.83. The van der Waals surface area contributed by atoms with Gasteiger partial charge in [0.15, 0.2) is 5.16 Å². The number of para-hydroxylation sites is 1. The Labute approximate surface area is 161 Å². The Balaban J connectivity index is 1.73. The monoisotopic (exact) mass is 386 g/mol. The van der Waals surface area contributed by atoms with Crippen molar-refractivity contribution in [1.29, 1.82) is 0 Å². The largest absolute Gasteiger partial charge is 0.325 e. The van der Waals surface area contributed by atoms with Gasteiger partial charge in [-0.1, -0.05) is 41.6 Å². The molecule has 0 spiro atoms. The predicted molar refractivity (Wildman–Crippen MR) is 106 cm³/mol. The molecule has 134 valence electrons. The highest BCUT2D eigenvalue weighted by atomic mass is 35.5. The van der Waals surface area contributed by atoms with Gasteiger partial charge in [-0.15, -0.1) is 10.2 Å². The second-order valence-electron chi connectivity index (χ2n) is 5.95. The number of benzene rings is 2.